The minimum atomic E-state index is -0.503. The number of carbonyl (C=O) groups is 2. The van der Waals surface area contributed by atoms with Gasteiger partial charge in [-0.1, -0.05) is 66.7 Å². The highest BCUT2D eigenvalue weighted by Crippen LogP contribution is 2.12. The Kier molecular flexibility index (Phi) is 6.31. The quantitative estimate of drug-likeness (QED) is 0.643. The fourth-order valence-corrected chi connectivity index (χ4v) is 2.56. The first-order valence-electron chi connectivity index (χ1n) is 8.78. The number of benzene rings is 3. The molecule has 2 amide bonds. The largest absolute Gasteiger partial charge is 0.347 e. The van der Waals surface area contributed by atoms with Crippen LogP contribution in [-0.4, -0.2) is 11.8 Å². The average molecular weight is 374 g/mol. The van der Waals surface area contributed by atoms with Crippen molar-refractivity contribution in [3.05, 3.63) is 113 Å². The lowest BCUT2D eigenvalue weighted by atomic mass is 10.1. The van der Waals surface area contributed by atoms with Gasteiger partial charge in [-0.05, 0) is 29.8 Å². The molecular weight excluding hydrogens is 355 g/mol. The molecule has 3 rings (SSSR count). The van der Waals surface area contributed by atoms with Gasteiger partial charge in [0.1, 0.15) is 11.5 Å². The molecule has 0 radical (unpaired) electrons. The molecule has 0 fully saturated rings. The highest BCUT2D eigenvalue weighted by molar-refractivity contribution is 6.05. The van der Waals surface area contributed by atoms with E-state index < -0.39 is 17.6 Å². The van der Waals surface area contributed by atoms with Gasteiger partial charge in [0.05, 0.1) is 0 Å². The molecule has 2 N–H and O–H groups in total. The highest BCUT2D eigenvalue weighted by Gasteiger charge is 2.15. The summed E-state index contributed by atoms with van der Waals surface area (Å²) < 4.78 is 14.0. The number of nitrogens with one attached hydrogen (secondary N) is 2. The SMILES string of the molecule is O=C(NCc1ccccc1)/C(=C\c1ccccc1F)NC(=O)c1ccccc1. The third-order valence-corrected chi connectivity index (χ3v) is 4.03. The van der Waals surface area contributed by atoms with Crippen LogP contribution in [0, 0.1) is 5.82 Å². The average Bonchev–Trinajstić information content (AvgIpc) is 2.74. The number of hydrogen-bond acceptors (Lipinski definition) is 2. The standard InChI is InChI=1S/C23H19FN2O2/c24-20-14-8-7-13-19(20)15-21(26-22(27)18-11-5-2-6-12-18)23(28)25-16-17-9-3-1-4-10-17/h1-15H,16H2,(H,25,28)(H,26,27)/b21-15+. The molecule has 0 unspecified atom stereocenters. The van der Waals surface area contributed by atoms with Gasteiger partial charge < -0.3 is 10.6 Å². The summed E-state index contributed by atoms with van der Waals surface area (Å²) in [7, 11) is 0. The van der Waals surface area contributed by atoms with Gasteiger partial charge in [-0.25, -0.2) is 4.39 Å². The number of hydrogen-bond donors (Lipinski definition) is 2. The van der Waals surface area contributed by atoms with Crippen molar-refractivity contribution in [2.75, 3.05) is 0 Å². The zero-order chi connectivity index (χ0) is 19.8. The smallest absolute Gasteiger partial charge is 0.268 e. The molecule has 0 atom stereocenters. The summed E-state index contributed by atoms with van der Waals surface area (Å²) >= 11 is 0. The predicted octanol–water partition coefficient (Wildman–Crippen LogP) is 3.91. The van der Waals surface area contributed by atoms with Gasteiger partial charge in [-0.3, -0.25) is 9.59 Å². The molecule has 5 heteroatoms. The highest BCUT2D eigenvalue weighted by atomic mass is 19.1. The summed E-state index contributed by atoms with van der Waals surface area (Å²) in [6, 6.07) is 24.0. The van der Waals surface area contributed by atoms with E-state index in [1.165, 1.54) is 18.2 Å². The van der Waals surface area contributed by atoms with Crippen LogP contribution in [0.25, 0.3) is 6.08 Å². The van der Waals surface area contributed by atoms with Gasteiger partial charge >= 0.3 is 0 Å². The topological polar surface area (TPSA) is 58.2 Å². The molecule has 3 aromatic rings. The van der Waals surface area contributed by atoms with Gasteiger partial charge in [0, 0.05) is 17.7 Å². The lowest BCUT2D eigenvalue weighted by Crippen LogP contribution is -2.34. The van der Waals surface area contributed by atoms with Crippen molar-refractivity contribution in [3.8, 4) is 0 Å². The van der Waals surface area contributed by atoms with E-state index in [0.29, 0.717) is 5.56 Å². The summed E-state index contributed by atoms with van der Waals surface area (Å²) in [5.41, 5.74) is 1.49. The van der Waals surface area contributed by atoms with E-state index >= 15 is 0 Å². The third kappa shape index (κ3) is 5.14. The van der Waals surface area contributed by atoms with Crippen LogP contribution < -0.4 is 10.6 Å². The van der Waals surface area contributed by atoms with Gasteiger partial charge in [0.15, 0.2) is 0 Å². The summed E-state index contributed by atoms with van der Waals surface area (Å²) in [6.45, 7) is 0.287. The Morgan fingerprint density at radius 3 is 2.11 bits per heavy atom. The number of amides is 2. The first-order chi connectivity index (χ1) is 13.6. The summed E-state index contributed by atoms with van der Waals surface area (Å²) in [4.78, 5) is 25.2. The number of rotatable bonds is 6. The van der Waals surface area contributed by atoms with E-state index in [1.54, 1.807) is 42.5 Å². The molecule has 0 aromatic heterocycles. The van der Waals surface area contributed by atoms with Crippen LogP contribution in [0.4, 0.5) is 4.39 Å². The van der Waals surface area contributed by atoms with Gasteiger partial charge in [-0.2, -0.15) is 0 Å². The first kappa shape index (κ1) is 19.0. The van der Waals surface area contributed by atoms with Crippen molar-refractivity contribution in [2.24, 2.45) is 0 Å². The van der Waals surface area contributed by atoms with Gasteiger partial charge in [0.25, 0.3) is 11.8 Å². The molecule has 0 saturated carbocycles. The Bertz CT molecular complexity index is 986. The van der Waals surface area contributed by atoms with Crippen molar-refractivity contribution >= 4 is 17.9 Å². The van der Waals surface area contributed by atoms with Crippen molar-refractivity contribution in [1.29, 1.82) is 0 Å². The predicted molar refractivity (Wildman–Crippen MR) is 107 cm³/mol. The van der Waals surface area contributed by atoms with Crippen molar-refractivity contribution < 1.29 is 14.0 Å². The minimum absolute atomic E-state index is 0.0325. The lowest BCUT2D eigenvalue weighted by Gasteiger charge is -2.11. The normalized spacial score (nSPS) is 11.0. The maximum Gasteiger partial charge on any atom is 0.268 e. The van der Waals surface area contributed by atoms with E-state index in [-0.39, 0.29) is 17.8 Å². The zero-order valence-electron chi connectivity index (χ0n) is 15.1. The Morgan fingerprint density at radius 2 is 1.43 bits per heavy atom. The van der Waals surface area contributed by atoms with E-state index in [1.807, 2.05) is 30.3 Å². The Labute approximate surface area is 162 Å². The van der Waals surface area contributed by atoms with Crippen LogP contribution >= 0.6 is 0 Å². The molecule has 3 aromatic carbocycles. The van der Waals surface area contributed by atoms with Crippen molar-refractivity contribution in [2.45, 2.75) is 6.54 Å². The molecule has 0 aliphatic heterocycles. The fraction of sp³-hybridized carbons (Fsp3) is 0.0435. The first-order valence-corrected chi connectivity index (χ1v) is 8.78. The van der Waals surface area contributed by atoms with Crippen LogP contribution in [0.2, 0.25) is 0 Å². The molecule has 0 bridgehead atoms. The number of halogens is 1. The maximum absolute atomic E-state index is 14.0. The van der Waals surface area contributed by atoms with Crippen LogP contribution in [0.5, 0.6) is 0 Å². The molecule has 0 spiro atoms. The Morgan fingerprint density at radius 1 is 0.821 bits per heavy atom. The minimum Gasteiger partial charge on any atom is -0.347 e. The van der Waals surface area contributed by atoms with E-state index in [2.05, 4.69) is 10.6 Å². The Hall–Kier alpha value is -3.73. The molecule has 0 aliphatic carbocycles. The van der Waals surface area contributed by atoms with Crippen LogP contribution in [0.1, 0.15) is 21.5 Å². The summed E-state index contributed by atoms with van der Waals surface area (Å²) in [6.07, 6.45) is 1.33. The van der Waals surface area contributed by atoms with Crippen LogP contribution in [0.3, 0.4) is 0 Å². The molecule has 28 heavy (non-hydrogen) atoms. The maximum atomic E-state index is 14.0. The van der Waals surface area contributed by atoms with E-state index in [0.717, 1.165) is 5.56 Å². The second-order valence-corrected chi connectivity index (χ2v) is 6.07. The van der Waals surface area contributed by atoms with Gasteiger partial charge in [-0.15, -0.1) is 0 Å². The molecule has 4 nitrogen and oxygen atoms in total. The van der Waals surface area contributed by atoms with Crippen LogP contribution in [0.15, 0.2) is 90.6 Å². The molecule has 0 heterocycles. The van der Waals surface area contributed by atoms with Gasteiger partial charge in [0.2, 0.25) is 0 Å². The third-order valence-electron chi connectivity index (χ3n) is 4.03. The van der Waals surface area contributed by atoms with Crippen LogP contribution in [-0.2, 0) is 11.3 Å². The monoisotopic (exact) mass is 374 g/mol. The van der Waals surface area contributed by atoms with E-state index in [9.17, 15) is 14.0 Å². The molecular formula is C23H19FN2O2. The molecule has 0 saturated heterocycles. The summed E-state index contributed by atoms with van der Waals surface area (Å²) in [5.74, 6) is -1.43. The second kappa shape index (κ2) is 9.28. The second-order valence-electron chi connectivity index (χ2n) is 6.07. The van der Waals surface area contributed by atoms with E-state index in [4.69, 9.17) is 0 Å². The fourth-order valence-electron chi connectivity index (χ4n) is 2.56. The lowest BCUT2D eigenvalue weighted by molar-refractivity contribution is -0.117. The molecule has 140 valence electrons. The van der Waals surface area contributed by atoms with Crippen molar-refractivity contribution in [3.63, 3.8) is 0 Å². The summed E-state index contributed by atoms with van der Waals surface area (Å²) in [5, 5.41) is 5.34. The zero-order valence-corrected chi connectivity index (χ0v) is 15.1. The van der Waals surface area contributed by atoms with Crippen molar-refractivity contribution in [1.82, 2.24) is 10.6 Å². The molecule has 0 aliphatic rings. The Balaban J connectivity index is 1.82. The number of carbonyl (C=O) groups excluding carboxylic acids is 2.